The maximum absolute atomic E-state index is 12.1. The Bertz CT molecular complexity index is 513. The van der Waals surface area contributed by atoms with Crippen LogP contribution in [0.3, 0.4) is 0 Å². The normalized spacial score (nSPS) is 17.3. The first-order valence-electron chi connectivity index (χ1n) is 8.89. The van der Waals surface area contributed by atoms with Crippen molar-refractivity contribution in [2.24, 2.45) is 5.92 Å². The molecule has 1 amide bonds. The Morgan fingerprint density at radius 1 is 1.33 bits per heavy atom. The number of nitrogens with zero attached hydrogens (tertiary/aromatic N) is 1. The highest BCUT2D eigenvalue weighted by molar-refractivity contribution is 5.80. The second-order valence-electron chi connectivity index (χ2n) is 6.61. The SMILES string of the molecule is COc1cccc(O[C@@H](C)C(=O)NCCCN2CCC(C)CC2)c1. The van der Waals surface area contributed by atoms with Crippen LogP contribution in [0.2, 0.25) is 0 Å². The molecule has 24 heavy (non-hydrogen) atoms. The van der Waals surface area contributed by atoms with Gasteiger partial charge in [-0.25, -0.2) is 0 Å². The fourth-order valence-electron chi connectivity index (χ4n) is 2.88. The lowest BCUT2D eigenvalue weighted by atomic mass is 9.99. The Hall–Kier alpha value is -1.75. The average molecular weight is 334 g/mol. The fraction of sp³-hybridized carbons (Fsp3) is 0.632. The number of carbonyl (C=O) groups is 1. The zero-order valence-corrected chi connectivity index (χ0v) is 15.1. The van der Waals surface area contributed by atoms with Gasteiger partial charge in [-0.3, -0.25) is 4.79 Å². The number of ether oxygens (including phenoxy) is 2. The smallest absolute Gasteiger partial charge is 0.260 e. The van der Waals surface area contributed by atoms with Gasteiger partial charge >= 0.3 is 0 Å². The predicted octanol–water partition coefficient (Wildman–Crippen LogP) is 2.70. The third kappa shape index (κ3) is 6.04. The standard InChI is InChI=1S/C19H30N2O3/c1-15-8-12-21(13-9-15)11-5-10-20-19(22)16(2)24-18-7-4-6-17(14-18)23-3/h4,6-7,14-16H,5,8-13H2,1-3H3,(H,20,22)/t16-/m0/s1. The van der Waals surface area contributed by atoms with E-state index in [0.29, 0.717) is 12.3 Å². The van der Waals surface area contributed by atoms with Gasteiger partial charge in [-0.05, 0) is 63.9 Å². The van der Waals surface area contributed by atoms with E-state index in [2.05, 4.69) is 17.1 Å². The van der Waals surface area contributed by atoms with Gasteiger partial charge < -0.3 is 19.7 Å². The molecule has 0 bridgehead atoms. The number of hydrogen-bond donors (Lipinski definition) is 1. The van der Waals surface area contributed by atoms with E-state index in [0.717, 1.165) is 24.6 Å². The van der Waals surface area contributed by atoms with Crippen molar-refractivity contribution in [3.8, 4) is 11.5 Å². The van der Waals surface area contributed by atoms with Crippen molar-refractivity contribution in [1.29, 1.82) is 0 Å². The van der Waals surface area contributed by atoms with Crippen molar-refractivity contribution in [3.05, 3.63) is 24.3 Å². The molecule has 0 saturated carbocycles. The number of benzene rings is 1. The van der Waals surface area contributed by atoms with Crippen LogP contribution in [0.25, 0.3) is 0 Å². The van der Waals surface area contributed by atoms with Gasteiger partial charge in [0.1, 0.15) is 11.5 Å². The van der Waals surface area contributed by atoms with Gasteiger partial charge in [-0.1, -0.05) is 13.0 Å². The summed E-state index contributed by atoms with van der Waals surface area (Å²) in [5, 5.41) is 2.96. The van der Waals surface area contributed by atoms with E-state index in [4.69, 9.17) is 9.47 Å². The number of methoxy groups -OCH3 is 1. The first-order valence-corrected chi connectivity index (χ1v) is 8.89. The van der Waals surface area contributed by atoms with Crippen molar-refractivity contribution in [2.75, 3.05) is 33.3 Å². The van der Waals surface area contributed by atoms with E-state index in [1.165, 1.54) is 25.9 Å². The molecule has 5 nitrogen and oxygen atoms in total. The number of carbonyl (C=O) groups excluding carboxylic acids is 1. The number of rotatable bonds is 8. The Morgan fingerprint density at radius 3 is 2.75 bits per heavy atom. The van der Waals surface area contributed by atoms with E-state index < -0.39 is 6.10 Å². The molecular weight excluding hydrogens is 304 g/mol. The molecule has 2 rings (SSSR count). The number of nitrogens with one attached hydrogen (secondary N) is 1. The van der Waals surface area contributed by atoms with Crippen LogP contribution >= 0.6 is 0 Å². The zero-order valence-electron chi connectivity index (χ0n) is 15.1. The van der Waals surface area contributed by atoms with Gasteiger partial charge in [-0.2, -0.15) is 0 Å². The van der Waals surface area contributed by atoms with Crippen LogP contribution in [0.5, 0.6) is 11.5 Å². The molecule has 1 aromatic rings. The highest BCUT2D eigenvalue weighted by Gasteiger charge is 2.16. The van der Waals surface area contributed by atoms with Gasteiger partial charge in [0.2, 0.25) is 0 Å². The molecule has 0 radical (unpaired) electrons. The van der Waals surface area contributed by atoms with Crippen LogP contribution in [-0.4, -0.2) is 50.2 Å². The molecular formula is C19H30N2O3. The Morgan fingerprint density at radius 2 is 2.04 bits per heavy atom. The van der Waals surface area contributed by atoms with Crippen molar-refractivity contribution in [1.82, 2.24) is 10.2 Å². The quantitative estimate of drug-likeness (QED) is 0.743. The number of amides is 1. The van der Waals surface area contributed by atoms with Gasteiger partial charge in [0.15, 0.2) is 6.10 Å². The minimum absolute atomic E-state index is 0.0786. The van der Waals surface area contributed by atoms with Crippen LogP contribution < -0.4 is 14.8 Å². The Balaban J connectivity index is 1.64. The molecule has 134 valence electrons. The minimum atomic E-state index is -0.520. The van der Waals surface area contributed by atoms with Crippen molar-refractivity contribution < 1.29 is 14.3 Å². The Kier molecular flexibility index (Phi) is 7.37. The van der Waals surface area contributed by atoms with E-state index in [-0.39, 0.29) is 5.91 Å². The molecule has 0 aliphatic carbocycles. The monoisotopic (exact) mass is 334 g/mol. The molecule has 1 aliphatic heterocycles. The average Bonchev–Trinajstić information content (AvgIpc) is 2.60. The van der Waals surface area contributed by atoms with Crippen molar-refractivity contribution >= 4 is 5.91 Å². The summed E-state index contributed by atoms with van der Waals surface area (Å²) < 4.78 is 10.8. The summed E-state index contributed by atoms with van der Waals surface area (Å²) in [6.45, 7) is 8.20. The summed E-state index contributed by atoms with van der Waals surface area (Å²) in [5.41, 5.74) is 0. The number of likely N-dealkylation sites (tertiary alicyclic amines) is 1. The molecule has 1 aliphatic rings. The highest BCUT2D eigenvalue weighted by Crippen LogP contribution is 2.20. The summed E-state index contributed by atoms with van der Waals surface area (Å²) in [5.74, 6) is 2.14. The number of piperidine rings is 1. The summed E-state index contributed by atoms with van der Waals surface area (Å²) in [6, 6.07) is 7.29. The topological polar surface area (TPSA) is 50.8 Å². The molecule has 1 aromatic carbocycles. The number of hydrogen-bond acceptors (Lipinski definition) is 4. The lowest BCUT2D eigenvalue weighted by molar-refractivity contribution is -0.127. The largest absolute Gasteiger partial charge is 0.497 e. The summed E-state index contributed by atoms with van der Waals surface area (Å²) >= 11 is 0. The van der Waals surface area contributed by atoms with Crippen LogP contribution in [-0.2, 0) is 4.79 Å². The van der Waals surface area contributed by atoms with E-state index in [9.17, 15) is 4.79 Å². The second-order valence-corrected chi connectivity index (χ2v) is 6.61. The molecule has 0 spiro atoms. The van der Waals surface area contributed by atoms with Crippen molar-refractivity contribution in [3.63, 3.8) is 0 Å². The van der Waals surface area contributed by atoms with Gasteiger partial charge in [0.25, 0.3) is 5.91 Å². The predicted molar refractivity (Wildman–Crippen MR) is 95.5 cm³/mol. The van der Waals surface area contributed by atoms with Crippen molar-refractivity contribution in [2.45, 2.75) is 39.2 Å². The molecule has 1 heterocycles. The van der Waals surface area contributed by atoms with E-state index >= 15 is 0 Å². The van der Waals surface area contributed by atoms with Crippen LogP contribution in [0.4, 0.5) is 0 Å². The van der Waals surface area contributed by atoms with Gasteiger partial charge in [0, 0.05) is 12.6 Å². The third-order valence-corrected chi connectivity index (χ3v) is 4.55. The van der Waals surface area contributed by atoms with Crippen LogP contribution in [0.1, 0.15) is 33.1 Å². The van der Waals surface area contributed by atoms with Crippen LogP contribution in [0.15, 0.2) is 24.3 Å². The zero-order chi connectivity index (χ0) is 17.4. The van der Waals surface area contributed by atoms with Gasteiger partial charge in [0.05, 0.1) is 7.11 Å². The second kappa shape index (κ2) is 9.52. The first kappa shape index (κ1) is 18.6. The highest BCUT2D eigenvalue weighted by atomic mass is 16.5. The molecule has 0 aromatic heterocycles. The lowest BCUT2D eigenvalue weighted by Gasteiger charge is -2.30. The van der Waals surface area contributed by atoms with Gasteiger partial charge in [-0.15, -0.1) is 0 Å². The summed E-state index contributed by atoms with van der Waals surface area (Å²) in [4.78, 5) is 14.6. The molecule has 1 fully saturated rings. The third-order valence-electron chi connectivity index (χ3n) is 4.55. The minimum Gasteiger partial charge on any atom is -0.497 e. The first-order chi connectivity index (χ1) is 11.6. The summed E-state index contributed by atoms with van der Waals surface area (Å²) in [6.07, 6.45) is 3.04. The maximum Gasteiger partial charge on any atom is 0.260 e. The van der Waals surface area contributed by atoms with Crippen LogP contribution in [0, 0.1) is 5.92 Å². The van der Waals surface area contributed by atoms with E-state index in [1.54, 1.807) is 20.1 Å². The molecule has 1 saturated heterocycles. The Labute approximate surface area is 145 Å². The molecule has 1 N–H and O–H groups in total. The summed E-state index contributed by atoms with van der Waals surface area (Å²) in [7, 11) is 1.61. The molecule has 1 atom stereocenters. The molecule has 0 unspecified atom stereocenters. The maximum atomic E-state index is 12.1. The fourth-order valence-corrected chi connectivity index (χ4v) is 2.88. The lowest BCUT2D eigenvalue weighted by Crippen LogP contribution is -2.39. The molecule has 5 heteroatoms. The van der Waals surface area contributed by atoms with E-state index in [1.807, 2.05) is 18.2 Å².